The number of aromatic amines is 1. The number of H-pyrrole nitrogens is 1. The third-order valence-corrected chi connectivity index (χ3v) is 2.24. The van der Waals surface area contributed by atoms with Gasteiger partial charge in [-0.1, -0.05) is 0 Å². The van der Waals surface area contributed by atoms with E-state index in [0.29, 0.717) is 23.5 Å². The molecule has 0 radical (unpaired) electrons. The van der Waals surface area contributed by atoms with Crippen LogP contribution in [0.3, 0.4) is 0 Å². The maximum Gasteiger partial charge on any atom is 0.271 e. The first-order valence-corrected chi connectivity index (χ1v) is 5.12. The summed E-state index contributed by atoms with van der Waals surface area (Å²) in [7, 11) is 0. The van der Waals surface area contributed by atoms with Crippen molar-refractivity contribution in [2.24, 2.45) is 0 Å². The number of nitrogens with zero attached hydrogens (tertiary/aromatic N) is 2. The summed E-state index contributed by atoms with van der Waals surface area (Å²) in [5.74, 6) is 0.487. The molecule has 0 fully saturated rings. The number of imidazole rings is 1. The van der Waals surface area contributed by atoms with Crippen LogP contribution in [0.1, 0.15) is 6.92 Å². The van der Waals surface area contributed by atoms with E-state index < -0.39 is 11.0 Å². The summed E-state index contributed by atoms with van der Waals surface area (Å²) in [6.45, 7) is 2.02. The molecule has 0 bridgehead atoms. The topological polar surface area (TPSA) is 104 Å². The number of aliphatic hydroxyl groups excluding tert-OH is 1. The molecule has 1 unspecified atom stereocenters. The molecule has 17 heavy (non-hydrogen) atoms. The first-order chi connectivity index (χ1) is 8.06. The van der Waals surface area contributed by atoms with Gasteiger partial charge in [0.05, 0.1) is 22.1 Å². The molecule has 1 aromatic heterocycles. The number of hydrogen-bond donors (Lipinski definition) is 3. The lowest BCUT2D eigenvalue weighted by Crippen LogP contribution is -2.15. The van der Waals surface area contributed by atoms with Gasteiger partial charge in [0.15, 0.2) is 0 Å². The molecule has 0 aliphatic carbocycles. The Bertz CT molecular complexity index is 549. The molecule has 1 heterocycles. The second-order valence-electron chi connectivity index (χ2n) is 3.77. The molecule has 7 nitrogen and oxygen atoms in total. The van der Waals surface area contributed by atoms with Crippen molar-refractivity contribution in [3.05, 3.63) is 28.3 Å². The second kappa shape index (κ2) is 4.38. The minimum absolute atomic E-state index is 0.0169. The lowest BCUT2D eigenvalue weighted by molar-refractivity contribution is -0.384. The molecule has 0 spiro atoms. The van der Waals surface area contributed by atoms with E-state index in [0.717, 1.165) is 0 Å². The highest BCUT2D eigenvalue weighted by atomic mass is 16.6. The Morgan fingerprint density at radius 3 is 3.06 bits per heavy atom. The summed E-state index contributed by atoms with van der Waals surface area (Å²) in [6, 6.07) is 4.41. The van der Waals surface area contributed by atoms with Crippen molar-refractivity contribution in [2.75, 3.05) is 11.9 Å². The predicted molar refractivity (Wildman–Crippen MR) is 62.9 cm³/mol. The van der Waals surface area contributed by atoms with Gasteiger partial charge in [-0.05, 0) is 13.0 Å². The van der Waals surface area contributed by atoms with E-state index in [2.05, 4.69) is 15.3 Å². The van der Waals surface area contributed by atoms with Gasteiger partial charge in [0.25, 0.3) is 5.69 Å². The SMILES string of the molecule is CC(O)CNc1nc2ccc([N+](=O)[O-])cc2[nH]1. The van der Waals surface area contributed by atoms with Crippen molar-refractivity contribution in [2.45, 2.75) is 13.0 Å². The quantitative estimate of drug-likeness (QED) is 0.547. The zero-order chi connectivity index (χ0) is 12.4. The van der Waals surface area contributed by atoms with Gasteiger partial charge in [-0.2, -0.15) is 0 Å². The summed E-state index contributed by atoms with van der Waals surface area (Å²) in [6.07, 6.45) is -0.488. The van der Waals surface area contributed by atoms with Crippen molar-refractivity contribution in [1.29, 1.82) is 0 Å². The van der Waals surface area contributed by atoms with Crippen LogP contribution in [0.5, 0.6) is 0 Å². The van der Waals surface area contributed by atoms with Gasteiger partial charge in [0.1, 0.15) is 0 Å². The number of nitro groups is 1. The molecule has 90 valence electrons. The Morgan fingerprint density at radius 2 is 2.41 bits per heavy atom. The number of benzene rings is 1. The number of fused-ring (bicyclic) bond motifs is 1. The number of aromatic nitrogens is 2. The molecule has 1 aromatic carbocycles. The zero-order valence-electron chi connectivity index (χ0n) is 9.17. The average molecular weight is 236 g/mol. The van der Waals surface area contributed by atoms with Crippen LogP contribution in [-0.4, -0.2) is 32.6 Å². The number of non-ortho nitro benzene ring substituents is 1. The fourth-order valence-electron chi connectivity index (χ4n) is 1.44. The fourth-order valence-corrected chi connectivity index (χ4v) is 1.44. The molecule has 2 rings (SSSR count). The maximum atomic E-state index is 10.6. The number of nitro benzene ring substituents is 1. The largest absolute Gasteiger partial charge is 0.392 e. The van der Waals surface area contributed by atoms with Crippen LogP contribution in [0.25, 0.3) is 11.0 Å². The first kappa shape index (κ1) is 11.3. The Balaban J connectivity index is 2.27. The summed E-state index contributed by atoms with van der Waals surface area (Å²) in [5.41, 5.74) is 1.25. The molecule has 3 N–H and O–H groups in total. The van der Waals surface area contributed by atoms with Gasteiger partial charge in [0.2, 0.25) is 5.95 Å². The van der Waals surface area contributed by atoms with E-state index in [9.17, 15) is 10.1 Å². The summed E-state index contributed by atoms with van der Waals surface area (Å²) < 4.78 is 0. The van der Waals surface area contributed by atoms with E-state index in [-0.39, 0.29) is 5.69 Å². The van der Waals surface area contributed by atoms with Crippen LogP contribution in [0, 0.1) is 10.1 Å². The van der Waals surface area contributed by atoms with Gasteiger partial charge >= 0.3 is 0 Å². The monoisotopic (exact) mass is 236 g/mol. The van der Waals surface area contributed by atoms with Gasteiger partial charge < -0.3 is 15.4 Å². The Morgan fingerprint density at radius 1 is 1.65 bits per heavy atom. The predicted octanol–water partition coefficient (Wildman–Crippen LogP) is 1.26. The van der Waals surface area contributed by atoms with Gasteiger partial charge in [-0.25, -0.2) is 4.98 Å². The van der Waals surface area contributed by atoms with Gasteiger partial charge in [-0.3, -0.25) is 10.1 Å². The first-order valence-electron chi connectivity index (χ1n) is 5.12. The van der Waals surface area contributed by atoms with Crippen molar-refractivity contribution < 1.29 is 10.0 Å². The second-order valence-corrected chi connectivity index (χ2v) is 3.77. The third kappa shape index (κ3) is 2.51. The van der Waals surface area contributed by atoms with Crippen LogP contribution in [-0.2, 0) is 0 Å². The van der Waals surface area contributed by atoms with Crippen LogP contribution in [0.15, 0.2) is 18.2 Å². The average Bonchev–Trinajstić information content (AvgIpc) is 2.67. The molecule has 0 aliphatic heterocycles. The fraction of sp³-hybridized carbons (Fsp3) is 0.300. The summed E-state index contributed by atoms with van der Waals surface area (Å²) in [4.78, 5) is 17.2. The summed E-state index contributed by atoms with van der Waals surface area (Å²) >= 11 is 0. The van der Waals surface area contributed by atoms with Crippen molar-refractivity contribution in [3.63, 3.8) is 0 Å². The molecule has 2 aromatic rings. The molecule has 0 amide bonds. The molecule has 0 saturated heterocycles. The van der Waals surface area contributed by atoms with Crippen LogP contribution in [0.4, 0.5) is 11.6 Å². The molecular weight excluding hydrogens is 224 g/mol. The van der Waals surface area contributed by atoms with Gasteiger partial charge in [0, 0.05) is 18.7 Å². The number of anilines is 1. The zero-order valence-corrected chi connectivity index (χ0v) is 9.17. The van der Waals surface area contributed by atoms with Crippen molar-refractivity contribution >= 4 is 22.7 Å². The lowest BCUT2D eigenvalue weighted by atomic mass is 10.3. The Labute approximate surface area is 96.6 Å². The number of hydrogen-bond acceptors (Lipinski definition) is 5. The standard InChI is InChI=1S/C10H12N4O3/c1-6(15)5-11-10-12-8-3-2-7(14(16)17)4-9(8)13-10/h2-4,6,15H,5H2,1H3,(H2,11,12,13). The highest BCUT2D eigenvalue weighted by Crippen LogP contribution is 2.20. The van der Waals surface area contributed by atoms with Crippen LogP contribution < -0.4 is 5.32 Å². The van der Waals surface area contributed by atoms with Crippen LogP contribution in [0.2, 0.25) is 0 Å². The van der Waals surface area contributed by atoms with E-state index in [4.69, 9.17) is 5.11 Å². The minimum atomic E-state index is -0.488. The van der Waals surface area contributed by atoms with E-state index in [1.54, 1.807) is 13.0 Å². The smallest absolute Gasteiger partial charge is 0.271 e. The lowest BCUT2D eigenvalue weighted by Gasteiger charge is -2.03. The molecule has 7 heteroatoms. The number of nitrogens with one attached hydrogen (secondary N) is 2. The van der Waals surface area contributed by atoms with Crippen molar-refractivity contribution in [1.82, 2.24) is 9.97 Å². The molecule has 1 atom stereocenters. The normalized spacial score (nSPS) is 12.6. The maximum absolute atomic E-state index is 10.6. The highest BCUT2D eigenvalue weighted by molar-refractivity contribution is 5.79. The summed E-state index contributed by atoms with van der Waals surface area (Å²) in [5, 5.41) is 22.6. The molecular formula is C10H12N4O3. The molecule has 0 aliphatic rings. The number of aliphatic hydroxyl groups is 1. The Hall–Kier alpha value is -2.15. The van der Waals surface area contributed by atoms with E-state index in [1.165, 1.54) is 12.1 Å². The highest BCUT2D eigenvalue weighted by Gasteiger charge is 2.09. The van der Waals surface area contributed by atoms with Gasteiger partial charge in [-0.15, -0.1) is 0 Å². The van der Waals surface area contributed by atoms with Crippen molar-refractivity contribution in [3.8, 4) is 0 Å². The van der Waals surface area contributed by atoms with E-state index in [1.807, 2.05) is 0 Å². The van der Waals surface area contributed by atoms with E-state index >= 15 is 0 Å². The number of rotatable bonds is 4. The minimum Gasteiger partial charge on any atom is -0.392 e. The van der Waals surface area contributed by atoms with Crippen LogP contribution >= 0.6 is 0 Å². The Kier molecular flexibility index (Phi) is 2.92. The molecule has 0 saturated carbocycles. The third-order valence-electron chi connectivity index (χ3n) is 2.24.